The minimum absolute atomic E-state index is 0.0209. The van der Waals surface area contributed by atoms with Gasteiger partial charge >= 0.3 is 6.18 Å². The lowest BCUT2D eigenvalue weighted by Gasteiger charge is -2.36. The molecule has 0 saturated carbocycles. The van der Waals surface area contributed by atoms with E-state index in [9.17, 15) is 18.0 Å². The van der Waals surface area contributed by atoms with E-state index in [0.29, 0.717) is 5.17 Å². The Kier molecular flexibility index (Phi) is 5.67. The number of amides is 1. The molecule has 2 aromatic carbocycles. The van der Waals surface area contributed by atoms with Crippen LogP contribution in [0.25, 0.3) is 0 Å². The minimum atomic E-state index is -4.46. The Bertz CT molecular complexity index is 1090. The summed E-state index contributed by atoms with van der Waals surface area (Å²) in [6.45, 7) is 0. The molecule has 7 nitrogen and oxygen atoms in total. The second-order valence-corrected chi connectivity index (χ2v) is 8.83. The van der Waals surface area contributed by atoms with Gasteiger partial charge in [0.2, 0.25) is 5.91 Å². The van der Waals surface area contributed by atoms with Crippen molar-refractivity contribution in [1.82, 2.24) is 20.8 Å². The fraction of sp³-hybridized carbons (Fsp3) is 0.273. The lowest BCUT2D eigenvalue weighted by Crippen LogP contribution is -2.54. The standard InChI is InChI=1S/C22H21F3N6OS/c23-22(24,25)15-7-4-8-16(11-15)26-19(32)13-33-21-28-27-20-18-12-17(14-5-2-1-3-6-14)29-31(18)10-9-30(20)21/h1-11,17-18,20,27,29H,12-13H2,(H,26,32). The first-order valence-electron chi connectivity index (χ1n) is 10.4. The van der Waals surface area contributed by atoms with Crippen LogP contribution in [-0.2, 0) is 11.0 Å². The number of benzene rings is 2. The van der Waals surface area contributed by atoms with Crippen LogP contribution in [0.2, 0.25) is 0 Å². The van der Waals surface area contributed by atoms with Gasteiger partial charge in [0, 0.05) is 18.1 Å². The zero-order valence-electron chi connectivity index (χ0n) is 17.3. The summed E-state index contributed by atoms with van der Waals surface area (Å²) in [5.74, 6) is -0.382. The van der Waals surface area contributed by atoms with Gasteiger partial charge in [0.1, 0.15) is 6.17 Å². The van der Waals surface area contributed by atoms with E-state index in [1.807, 2.05) is 35.5 Å². The Morgan fingerprint density at radius 1 is 1.15 bits per heavy atom. The molecule has 3 N–H and O–H groups in total. The van der Waals surface area contributed by atoms with Gasteiger partial charge in [-0.1, -0.05) is 48.2 Å². The van der Waals surface area contributed by atoms with E-state index < -0.39 is 17.6 Å². The molecular weight excluding hydrogens is 453 g/mol. The number of carbonyl (C=O) groups is 1. The summed E-state index contributed by atoms with van der Waals surface area (Å²) in [5.41, 5.74) is 7.18. The third kappa shape index (κ3) is 4.51. The van der Waals surface area contributed by atoms with E-state index in [4.69, 9.17) is 0 Å². The maximum atomic E-state index is 12.9. The molecule has 3 aliphatic rings. The molecule has 0 aliphatic carbocycles. The summed E-state index contributed by atoms with van der Waals surface area (Å²) < 4.78 is 38.6. The number of anilines is 1. The van der Waals surface area contributed by atoms with E-state index in [0.717, 1.165) is 18.6 Å². The Balaban J connectivity index is 1.17. The lowest BCUT2D eigenvalue weighted by atomic mass is 10.00. The zero-order valence-corrected chi connectivity index (χ0v) is 18.1. The van der Waals surface area contributed by atoms with Crippen molar-refractivity contribution in [3.8, 4) is 0 Å². The molecule has 5 rings (SSSR count). The number of fused-ring (bicyclic) bond motifs is 3. The van der Waals surface area contributed by atoms with Crippen molar-refractivity contribution in [3.63, 3.8) is 0 Å². The van der Waals surface area contributed by atoms with Crippen molar-refractivity contribution in [3.05, 3.63) is 78.1 Å². The Morgan fingerprint density at radius 3 is 2.76 bits per heavy atom. The van der Waals surface area contributed by atoms with Crippen molar-refractivity contribution < 1.29 is 18.0 Å². The molecule has 0 bridgehead atoms. The van der Waals surface area contributed by atoms with Gasteiger partial charge < -0.3 is 15.2 Å². The molecular formula is C22H21F3N6OS. The maximum Gasteiger partial charge on any atom is 0.416 e. The topological polar surface area (TPSA) is 72.0 Å². The van der Waals surface area contributed by atoms with Crippen LogP contribution in [0, 0.1) is 0 Å². The molecule has 3 aliphatic heterocycles. The number of thioether (sulfide) groups is 1. The van der Waals surface area contributed by atoms with E-state index in [1.165, 1.54) is 29.5 Å². The van der Waals surface area contributed by atoms with E-state index in [-0.39, 0.29) is 29.7 Å². The first-order valence-corrected chi connectivity index (χ1v) is 11.4. The Morgan fingerprint density at radius 2 is 1.97 bits per heavy atom. The fourth-order valence-electron chi connectivity index (χ4n) is 4.15. The normalized spacial score (nSPS) is 23.6. The summed E-state index contributed by atoms with van der Waals surface area (Å²) in [5, 5.41) is 9.62. The van der Waals surface area contributed by atoms with Crippen LogP contribution in [0.5, 0.6) is 0 Å². The highest BCUT2D eigenvalue weighted by Crippen LogP contribution is 2.35. The number of rotatable bonds is 4. The van der Waals surface area contributed by atoms with Crippen LogP contribution in [0.3, 0.4) is 0 Å². The average Bonchev–Trinajstić information content (AvgIpc) is 3.42. The smallest absolute Gasteiger partial charge is 0.325 e. The van der Waals surface area contributed by atoms with E-state index in [2.05, 4.69) is 38.4 Å². The molecule has 3 heterocycles. The highest BCUT2D eigenvalue weighted by atomic mass is 32.2. The fourth-order valence-corrected chi connectivity index (χ4v) is 4.93. The number of hydrazine groups is 1. The molecule has 172 valence electrons. The Labute approximate surface area is 192 Å². The van der Waals surface area contributed by atoms with Crippen molar-refractivity contribution in [1.29, 1.82) is 0 Å². The zero-order chi connectivity index (χ0) is 23.0. The van der Waals surface area contributed by atoms with Crippen LogP contribution >= 0.6 is 11.8 Å². The molecule has 3 unspecified atom stereocenters. The van der Waals surface area contributed by atoms with Crippen molar-refractivity contribution >= 4 is 28.5 Å². The molecule has 33 heavy (non-hydrogen) atoms. The average molecular weight is 475 g/mol. The first kappa shape index (κ1) is 21.7. The summed E-state index contributed by atoms with van der Waals surface area (Å²) in [6, 6.07) is 15.1. The highest BCUT2D eigenvalue weighted by molar-refractivity contribution is 8.14. The summed E-state index contributed by atoms with van der Waals surface area (Å²) in [6.07, 6.45) is 0.197. The highest BCUT2D eigenvalue weighted by Gasteiger charge is 2.44. The van der Waals surface area contributed by atoms with Gasteiger partial charge in [0.25, 0.3) is 0 Å². The second kappa shape index (κ2) is 8.64. The maximum absolute atomic E-state index is 12.9. The van der Waals surface area contributed by atoms with Crippen molar-refractivity contribution in [2.75, 3.05) is 11.1 Å². The second-order valence-electron chi connectivity index (χ2n) is 7.89. The predicted octanol–water partition coefficient (Wildman–Crippen LogP) is 3.68. The summed E-state index contributed by atoms with van der Waals surface area (Å²) in [7, 11) is 0. The van der Waals surface area contributed by atoms with Crippen molar-refractivity contribution in [2.45, 2.75) is 30.8 Å². The van der Waals surface area contributed by atoms with Gasteiger partial charge in [-0.15, -0.1) is 0 Å². The molecule has 0 aromatic heterocycles. The van der Waals surface area contributed by atoms with E-state index >= 15 is 0 Å². The van der Waals surface area contributed by atoms with Crippen LogP contribution in [0.1, 0.15) is 23.6 Å². The Hall–Kier alpha value is -3.18. The SMILES string of the molecule is O=C(CSC1=NNC2C3CC(c4ccccc4)NN3C=CN12)Nc1cccc(C(F)(F)F)c1. The lowest BCUT2D eigenvalue weighted by molar-refractivity contribution is -0.137. The van der Waals surface area contributed by atoms with Crippen LogP contribution < -0.4 is 16.2 Å². The molecule has 0 spiro atoms. The number of carbonyl (C=O) groups excluding carboxylic acids is 1. The van der Waals surface area contributed by atoms with Gasteiger partial charge in [-0.3, -0.25) is 10.2 Å². The van der Waals surface area contributed by atoms with Crippen LogP contribution in [0.4, 0.5) is 18.9 Å². The largest absolute Gasteiger partial charge is 0.416 e. The third-order valence-electron chi connectivity index (χ3n) is 5.71. The quantitative estimate of drug-likeness (QED) is 0.628. The van der Waals surface area contributed by atoms with Crippen LogP contribution in [0.15, 0.2) is 72.1 Å². The van der Waals surface area contributed by atoms with Crippen molar-refractivity contribution in [2.24, 2.45) is 5.10 Å². The third-order valence-corrected chi connectivity index (χ3v) is 6.68. The number of amidine groups is 1. The molecule has 11 heteroatoms. The minimum Gasteiger partial charge on any atom is -0.325 e. The molecule has 2 aromatic rings. The molecule has 1 amide bonds. The van der Waals surface area contributed by atoms with Gasteiger partial charge in [0.05, 0.1) is 23.4 Å². The number of hydrogen-bond donors (Lipinski definition) is 3. The molecule has 1 fully saturated rings. The number of hydrazone groups is 1. The monoisotopic (exact) mass is 474 g/mol. The van der Waals surface area contributed by atoms with E-state index in [1.54, 1.807) is 0 Å². The molecule has 3 atom stereocenters. The first-order chi connectivity index (χ1) is 15.9. The number of nitrogens with zero attached hydrogens (tertiary/aromatic N) is 3. The molecule has 1 saturated heterocycles. The van der Waals surface area contributed by atoms with Gasteiger partial charge in [-0.2, -0.15) is 18.3 Å². The molecule has 0 radical (unpaired) electrons. The predicted molar refractivity (Wildman–Crippen MR) is 120 cm³/mol. The number of nitrogens with one attached hydrogen (secondary N) is 3. The van der Waals surface area contributed by atoms with Gasteiger partial charge in [-0.05, 0) is 30.2 Å². The van der Waals surface area contributed by atoms with Gasteiger partial charge in [0.15, 0.2) is 5.17 Å². The summed E-state index contributed by atoms with van der Waals surface area (Å²) in [4.78, 5) is 14.3. The number of halogens is 3. The van der Waals surface area contributed by atoms with Gasteiger partial charge in [-0.25, -0.2) is 5.43 Å². The van der Waals surface area contributed by atoms with Crippen LogP contribution in [-0.4, -0.2) is 38.9 Å². The number of alkyl halides is 3. The number of hydrogen-bond acceptors (Lipinski definition) is 7. The summed E-state index contributed by atoms with van der Waals surface area (Å²) >= 11 is 1.23.